The Morgan fingerprint density at radius 1 is 1.56 bits per heavy atom. The third-order valence-electron chi connectivity index (χ3n) is 2.88. The van der Waals surface area contributed by atoms with Crippen molar-refractivity contribution < 1.29 is 4.92 Å². The third kappa shape index (κ3) is 2.49. The Kier molecular flexibility index (Phi) is 3.88. The van der Waals surface area contributed by atoms with Gasteiger partial charge in [0.05, 0.1) is 15.1 Å². The average Bonchev–Trinajstić information content (AvgIpc) is 2.76. The van der Waals surface area contributed by atoms with Crippen LogP contribution in [-0.2, 0) is 6.42 Å². The van der Waals surface area contributed by atoms with Crippen LogP contribution in [0.3, 0.4) is 0 Å². The topological polar surface area (TPSA) is 82.0 Å². The number of rotatable bonds is 5. The minimum atomic E-state index is -0.351. The van der Waals surface area contributed by atoms with Crippen LogP contribution in [-0.4, -0.2) is 15.9 Å². The summed E-state index contributed by atoms with van der Waals surface area (Å²) in [5.74, 6) is 0. The molecule has 6 heteroatoms. The number of nitro groups is 1. The molecule has 0 aliphatic rings. The van der Waals surface area contributed by atoms with Gasteiger partial charge in [0.15, 0.2) is 5.52 Å². The lowest BCUT2D eigenvalue weighted by Gasteiger charge is -2.10. The van der Waals surface area contributed by atoms with Crippen molar-refractivity contribution in [3.63, 3.8) is 0 Å². The van der Waals surface area contributed by atoms with E-state index in [1.54, 1.807) is 11.6 Å². The van der Waals surface area contributed by atoms with E-state index >= 15 is 0 Å². The Labute approximate surface area is 109 Å². The quantitative estimate of drug-likeness (QED) is 0.665. The zero-order valence-electron chi connectivity index (χ0n) is 10.1. The Hall–Kier alpha value is -1.53. The van der Waals surface area contributed by atoms with Crippen molar-refractivity contribution in [3.8, 4) is 0 Å². The average molecular weight is 265 g/mol. The molecule has 0 aliphatic carbocycles. The molecule has 0 amide bonds. The van der Waals surface area contributed by atoms with Gasteiger partial charge in [-0.25, -0.2) is 4.98 Å². The number of nitrogens with zero attached hydrogens (tertiary/aromatic N) is 2. The zero-order valence-corrected chi connectivity index (χ0v) is 10.9. The molecule has 0 saturated carbocycles. The molecule has 1 unspecified atom stereocenters. The Morgan fingerprint density at radius 2 is 2.33 bits per heavy atom. The summed E-state index contributed by atoms with van der Waals surface area (Å²) >= 11 is 1.41. The highest BCUT2D eigenvalue weighted by Crippen LogP contribution is 2.31. The van der Waals surface area contributed by atoms with Gasteiger partial charge in [0.1, 0.15) is 0 Å². The number of hydrogen-bond acceptors (Lipinski definition) is 5. The van der Waals surface area contributed by atoms with Gasteiger partial charge in [-0.05, 0) is 18.9 Å². The molecule has 2 N–H and O–H groups in total. The van der Waals surface area contributed by atoms with Crippen molar-refractivity contribution in [3.05, 3.63) is 33.3 Å². The van der Waals surface area contributed by atoms with Crippen LogP contribution in [0.15, 0.2) is 17.6 Å². The molecular weight excluding hydrogens is 250 g/mol. The molecule has 0 fully saturated rings. The van der Waals surface area contributed by atoms with Gasteiger partial charge in [0.2, 0.25) is 0 Å². The molecule has 1 atom stereocenters. The van der Waals surface area contributed by atoms with Gasteiger partial charge in [-0.2, -0.15) is 0 Å². The maximum atomic E-state index is 11.2. The number of thiazole rings is 1. The summed E-state index contributed by atoms with van der Waals surface area (Å²) in [5.41, 5.74) is 8.87. The standard InChI is InChI=1S/C12H15N3O2S/c1-2-3-9(13)6-8-4-5-10-11(14-7-18-10)12(8)15(16)17/h4-5,7,9H,2-3,6,13H2,1H3. The zero-order chi connectivity index (χ0) is 13.1. The first kappa shape index (κ1) is 12.9. The summed E-state index contributed by atoms with van der Waals surface area (Å²) < 4.78 is 0.842. The van der Waals surface area contributed by atoms with Crippen LogP contribution in [0.2, 0.25) is 0 Å². The van der Waals surface area contributed by atoms with Gasteiger partial charge >= 0.3 is 0 Å². The molecule has 1 aromatic carbocycles. The third-order valence-corrected chi connectivity index (χ3v) is 3.68. The van der Waals surface area contributed by atoms with E-state index in [-0.39, 0.29) is 16.7 Å². The molecule has 0 aliphatic heterocycles. The summed E-state index contributed by atoms with van der Waals surface area (Å²) in [6, 6.07) is 3.65. The van der Waals surface area contributed by atoms with Crippen LogP contribution in [0.1, 0.15) is 25.3 Å². The summed E-state index contributed by atoms with van der Waals surface area (Å²) in [6.45, 7) is 2.05. The molecule has 5 nitrogen and oxygen atoms in total. The Balaban J connectivity index is 2.43. The summed E-state index contributed by atoms with van der Waals surface area (Å²) in [6.07, 6.45) is 2.37. The van der Waals surface area contributed by atoms with E-state index in [2.05, 4.69) is 11.9 Å². The maximum absolute atomic E-state index is 11.2. The van der Waals surface area contributed by atoms with Crippen LogP contribution in [0, 0.1) is 10.1 Å². The van der Waals surface area contributed by atoms with E-state index in [1.807, 2.05) is 6.07 Å². The predicted octanol–water partition coefficient (Wildman–Crippen LogP) is 2.87. The molecular formula is C12H15N3O2S. The first-order valence-corrected chi connectivity index (χ1v) is 6.76. The van der Waals surface area contributed by atoms with E-state index in [0.717, 1.165) is 17.5 Å². The van der Waals surface area contributed by atoms with Gasteiger partial charge in [0.25, 0.3) is 5.69 Å². The van der Waals surface area contributed by atoms with E-state index < -0.39 is 0 Å². The number of nitro benzene ring substituents is 1. The number of hydrogen-bond donors (Lipinski definition) is 1. The number of benzene rings is 1. The van der Waals surface area contributed by atoms with Crippen LogP contribution in [0.4, 0.5) is 5.69 Å². The molecule has 0 radical (unpaired) electrons. The van der Waals surface area contributed by atoms with E-state index in [4.69, 9.17) is 5.73 Å². The van der Waals surface area contributed by atoms with Gasteiger partial charge in [-0.15, -0.1) is 11.3 Å². The van der Waals surface area contributed by atoms with Crippen LogP contribution in [0.25, 0.3) is 10.2 Å². The first-order valence-electron chi connectivity index (χ1n) is 5.88. The second-order valence-electron chi connectivity index (χ2n) is 4.28. The van der Waals surface area contributed by atoms with E-state index in [0.29, 0.717) is 17.5 Å². The Bertz CT molecular complexity index is 567. The monoisotopic (exact) mass is 265 g/mol. The maximum Gasteiger partial charge on any atom is 0.299 e. The van der Waals surface area contributed by atoms with Gasteiger partial charge < -0.3 is 5.73 Å². The van der Waals surface area contributed by atoms with Crippen LogP contribution < -0.4 is 5.73 Å². The van der Waals surface area contributed by atoms with Crippen molar-refractivity contribution in [2.75, 3.05) is 0 Å². The Morgan fingerprint density at radius 3 is 3.00 bits per heavy atom. The SMILES string of the molecule is CCCC(N)Cc1ccc2scnc2c1[N+](=O)[O-]. The van der Waals surface area contributed by atoms with Crippen molar-refractivity contribution in [1.82, 2.24) is 4.98 Å². The van der Waals surface area contributed by atoms with Crippen molar-refractivity contribution in [2.45, 2.75) is 32.2 Å². The lowest BCUT2D eigenvalue weighted by atomic mass is 10.0. The highest BCUT2D eigenvalue weighted by Gasteiger charge is 2.21. The summed E-state index contributed by atoms with van der Waals surface area (Å²) in [5, 5.41) is 11.2. The van der Waals surface area contributed by atoms with Crippen LogP contribution in [0.5, 0.6) is 0 Å². The summed E-state index contributed by atoms with van der Waals surface area (Å²) in [4.78, 5) is 14.9. The predicted molar refractivity (Wildman–Crippen MR) is 72.9 cm³/mol. The molecule has 18 heavy (non-hydrogen) atoms. The largest absolute Gasteiger partial charge is 0.327 e. The van der Waals surface area contributed by atoms with Gasteiger partial charge in [-0.3, -0.25) is 10.1 Å². The molecule has 96 valence electrons. The first-order chi connectivity index (χ1) is 8.63. The number of nitrogens with two attached hydrogens (primary N) is 1. The normalized spacial score (nSPS) is 12.8. The van der Waals surface area contributed by atoms with Crippen molar-refractivity contribution in [2.24, 2.45) is 5.73 Å². The fourth-order valence-electron chi connectivity index (χ4n) is 2.08. The number of aromatic nitrogens is 1. The molecule has 1 heterocycles. The van der Waals surface area contributed by atoms with Gasteiger partial charge in [-0.1, -0.05) is 19.4 Å². The molecule has 2 aromatic rings. The fraction of sp³-hybridized carbons (Fsp3) is 0.417. The van der Waals surface area contributed by atoms with E-state index in [9.17, 15) is 10.1 Å². The van der Waals surface area contributed by atoms with Crippen molar-refractivity contribution in [1.29, 1.82) is 0 Å². The molecule has 1 aromatic heterocycles. The smallest absolute Gasteiger partial charge is 0.299 e. The van der Waals surface area contributed by atoms with E-state index in [1.165, 1.54) is 11.3 Å². The fourth-order valence-corrected chi connectivity index (χ4v) is 2.76. The summed E-state index contributed by atoms with van der Waals surface area (Å²) in [7, 11) is 0. The highest BCUT2D eigenvalue weighted by atomic mass is 32.1. The lowest BCUT2D eigenvalue weighted by Crippen LogP contribution is -2.22. The van der Waals surface area contributed by atoms with Crippen molar-refractivity contribution >= 4 is 27.2 Å². The minimum absolute atomic E-state index is 0.0372. The van der Waals surface area contributed by atoms with Crippen LogP contribution >= 0.6 is 11.3 Å². The minimum Gasteiger partial charge on any atom is -0.327 e. The molecule has 2 rings (SSSR count). The molecule has 0 saturated heterocycles. The molecule has 0 bridgehead atoms. The number of fused-ring (bicyclic) bond motifs is 1. The second kappa shape index (κ2) is 5.41. The van der Waals surface area contributed by atoms with Gasteiger partial charge in [0, 0.05) is 11.6 Å². The second-order valence-corrected chi connectivity index (χ2v) is 5.17. The highest BCUT2D eigenvalue weighted by molar-refractivity contribution is 7.16. The molecule has 0 spiro atoms. The lowest BCUT2D eigenvalue weighted by molar-refractivity contribution is -0.383.